The summed E-state index contributed by atoms with van der Waals surface area (Å²) in [6.07, 6.45) is 4.16. The molecule has 3 nitrogen and oxygen atoms in total. The van der Waals surface area contributed by atoms with E-state index < -0.39 is 5.82 Å². The zero-order valence-electron chi connectivity index (χ0n) is 9.61. The quantitative estimate of drug-likeness (QED) is 0.769. The van der Waals surface area contributed by atoms with Crippen molar-refractivity contribution in [3.05, 3.63) is 41.7 Å². The molecule has 0 spiro atoms. The van der Waals surface area contributed by atoms with Crippen molar-refractivity contribution >= 4 is 11.6 Å². The zero-order chi connectivity index (χ0) is 12.4. The summed E-state index contributed by atoms with van der Waals surface area (Å²) < 4.78 is 13.5. The van der Waals surface area contributed by atoms with E-state index in [9.17, 15) is 9.18 Å². The van der Waals surface area contributed by atoms with Crippen molar-refractivity contribution in [3.63, 3.8) is 0 Å². The summed E-state index contributed by atoms with van der Waals surface area (Å²) >= 11 is 0. The third kappa shape index (κ3) is 2.53. The molecule has 0 aromatic heterocycles. The number of amides is 1. The molecule has 0 bridgehead atoms. The predicted octanol–water partition coefficient (Wildman–Crippen LogP) is 1.98. The van der Waals surface area contributed by atoms with Gasteiger partial charge in [0.15, 0.2) is 0 Å². The van der Waals surface area contributed by atoms with E-state index in [-0.39, 0.29) is 23.6 Å². The third-order valence-electron chi connectivity index (χ3n) is 2.92. The van der Waals surface area contributed by atoms with Crippen molar-refractivity contribution in [2.75, 3.05) is 5.32 Å². The summed E-state index contributed by atoms with van der Waals surface area (Å²) in [7, 11) is 0. The molecule has 0 radical (unpaired) electrons. The molecule has 0 saturated heterocycles. The van der Waals surface area contributed by atoms with Crippen molar-refractivity contribution in [2.45, 2.75) is 19.4 Å². The molecule has 1 aliphatic carbocycles. The summed E-state index contributed by atoms with van der Waals surface area (Å²) in [5, 5.41) is 2.62. The number of hydrogen-bond donors (Lipinski definition) is 2. The van der Waals surface area contributed by atoms with Crippen LogP contribution in [0.5, 0.6) is 0 Å². The number of hydrogen-bond acceptors (Lipinski definition) is 2. The Labute approximate surface area is 99.5 Å². The highest BCUT2D eigenvalue weighted by Crippen LogP contribution is 2.22. The van der Waals surface area contributed by atoms with Crippen LogP contribution in [0.1, 0.15) is 12.0 Å². The van der Waals surface area contributed by atoms with Crippen LogP contribution in [0.25, 0.3) is 0 Å². The number of rotatable bonds is 2. The van der Waals surface area contributed by atoms with E-state index in [2.05, 4.69) is 5.32 Å². The zero-order valence-corrected chi connectivity index (χ0v) is 9.61. The molecule has 2 unspecified atom stereocenters. The second kappa shape index (κ2) is 4.67. The van der Waals surface area contributed by atoms with Gasteiger partial charge in [0.1, 0.15) is 5.82 Å². The summed E-state index contributed by atoms with van der Waals surface area (Å²) in [4.78, 5) is 11.9. The number of nitrogens with two attached hydrogens (primary N) is 1. The van der Waals surface area contributed by atoms with Crippen molar-refractivity contribution in [2.24, 2.45) is 11.7 Å². The van der Waals surface area contributed by atoms with Gasteiger partial charge in [0.2, 0.25) is 5.91 Å². The molecule has 90 valence electrons. The molecule has 4 heteroatoms. The van der Waals surface area contributed by atoms with E-state index in [4.69, 9.17) is 5.73 Å². The Kier molecular flexibility index (Phi) is 3.24. The lowest BCUT2D eigenvalue weighted by Crippen LogP contribution is -2.24. The van der Waals surface area contributed by atoms with Crippen LogP contribution in [0.2, 0.25) is 0 Å². The van der Waals surface area contributed by atoms with E-state index in [1.54, 1.807) is 31.2 Å². The fraction of sp³-hybridized carbons (Fsp3) is 0.308. The van der Waals surface area contributed by atoms with Gasteiger partial charge in [-0.1, -0.05) is 24.3 Å². The molecule has 2 rings (SSSR count). The van der Waals surface area contributed by atoms with Crippen LogP contribution in [-0.4, -0.2) is 11.9 Å². The first kappa shape index (κ1) is 11.8. The summed E-state index contributed by atoms with van der Waals surface area (Å²) in [6, 6.07) is 4.63. The minimum atomic E-state index is -0.412. The Bertz CT molecular complexity index is 450. The van der Waals surface area contributed by atoms with Gasteiger partial charge in [-0.2, -0.15) is 0 Å². The molecular formula is C13H15FN2O. The highest BCUT2D eigenvalue weighted by atomic mass is 19.1. The molecule has 3 N–H and O–H groups in total. The van der Waals surface area contributed by atoms with Crippen LogP contribution < -0.4 is 11.1 Å². The average Bonchev–Trinajstić information content (AvgIpc) is 2.70. The molecule has 0 saturated carbocycles. The predicted molar refractivity (Wildman–Crippen MR) is 65.0 cm³/mol. The first-order chi connectivity index (χ1) is 8.08. The highest BCUT2D eigenvalue weighted by molar-refractivity contribution is 5.94. The van der Waals surface area contributed by atoms with Gasteiger partial charge in [-0.25, -0.2) is 4.39 Å². The fourth-order valence-electron chi connectivity index (χ4n) is 1.93. The van der Waals surface area contributed by atoms with Crippen LogP contribution in [0.4, 0.5) is 10.1 Å². The molecule has 2 atom stereocenters. The van der Waals surface area contributed by atoms with Gasteiger partial charge in [-0.3, -0.25) is 4.79 Å². The second-order valence-corrected chi connectivity index (χ2v) is 4.31. The van der Waals surface area contributed by atoms with Crippen LogP contribution in [0.15, 0.2) is 30.4 Å². The Morgan fingerprint density at radius 1 is 1.47 bits per heavy atom. The number of para-hydroxylation sites is 1. The number of carbonyl (C=O) groups excluding carboxylic acids is 1. The van der Waals surface area contributed by atoms with Gasteiger partial charge in [-0.15, -0.1) is 0 Å². The first-order valence-electron chi connectivity index (χ1n) is 5.58. The van der Waals surface area contributed by atoms with E-state index in [0.717, 1.165) is 0 Å². The Morgan fingerprint density at radius 2 is 2.24 bits per heavy atom. The molecular weight excluding hydrogens is 219 g/mol. The SMILES string of the molecule is Cc1cccc(F)c1NC(=O)C1C=CC(N)C1. The van der Waals surface area contributed by atoms with Crippen molar-refractivity contribution < 1.29 is 9.18 Å². The standard InChI is InChI=1S/C13H15FN2O/c1-8-3-2-4-11(14)12(8)16-13(17)9-5-6-10(15)7-9/h2-6,9-10H,7,15H2,1H3,(H,16,17). The topological polar surface area (TPSA) is 55.1 Å². The number of aryl methyl sites for hydroxylation is 1. The van der Waals surface area contributed by atoms with Crippen molar-refractivity contribution in [1.29, 1.82) is 0 Å². The minimum Gasteiger partial charge on any atom is -0.324 e. The van der Waals surface area contributed by atoms with Gasteiger partial charge in [-0.05, 0) is 25.0 Å². The van der Waals surface area contributed by atoms with Crippen molar-refractivity contribution in [3.8, 4) is 0 Å². The molecule has 0 aliphatic heterocycles. The largest absolute Gasteiger partial charge is 0.324 e. The molecule has 1 aliphatic rings. The fourth-order valence-corrected chi connectivity index (χ4v) is 1.93. The number of anilines is 1. The number of nitrogens with one attached hydrogen (secondary N) is 1. The van der Waals surface area contributed by atoms with Crippen LogP contribution in [0, 0.1) is 18.7 Å². The Morgan fingerprint density at radius 3 is 2.82 bits per heavy atom. The van der Waals surface area contributed by atoms with E-state index >= 15 is 0 Å². The first-order valence-corrected chi connectivity index (χ1v) is 5.58. The lowest BCUT2D eigenvalue weighted by molar-refractivity contribution is -0.118. The van der Waals surface area contributed by atoms with Crippen molar-refractivity contribution in [1.82, 2.24) is 0 Å². The summed E-state index contributed by atoms with van der Waals surface area (Å²) in [6.45, 7) is 1.76. The minimum absolute atomic E-state index is 0.0764. The number of carbonyl (C=O) groups is 1. The van der Waals surface area contributed by atoms with Gasteiger partial charge in [0.05, 0.1) is 11.6 Å². The van der Waals surface area contributed by atoms with Crippen LogP contribution >= 0.6 is 0 Å². The van der Waals surface area contributed by atoms with E-state index in [1.165, 1.54) is 6.07 Å². The van der Waals surface area contributed by atoms with E-state index in [0.29, 0.717) is 12.0 Å². The molecule has 1 aromatic rings. The van der Waals surface area contributed by atoms with Gasteiger partial charge in [0.25, 0.3) is 0 Å². The summed E-state index contributed by atoms with van der Waals surface area (Å²) in [5.74, 6) is -0.879. The second-order valence-electron chi connectivity index (χ2n) is 4.31. The molecule has 1 amide bonds. The Hall–Kier alpha value is -1.68. The smallest absolute Gasteiger partial charge is 0.231 e. The molecule has 1 aromatic carbocycles. The van der Waals surface area contributed by atoms with Gasteiger partial charge < -0.3 is 11.1 Å². The maximum Gasteiger partial charge on any atom is 0.231 e. The van der Waals surface area contributed by atoms with Gasteiger partial charge >= 0.3 is 0 Å². The monoisotopic (exact) mass is 234 g/mol. The third-order valence-corrected chi connectivity index (χ3v) is 2.92. The number of benzene rings is 1. The van der Waals surface area contributed by atoms with E-state index in [1.807, 2.05) is 0 Å². The summed E-state index contributed by atoms with van der Waals surface area (Å²) in [5.41, 5.74) is 6.64. The number of halogens is 1. The molecule has 0 fully saturated rings. The normalized spacial score (nSPS) is 22.8. The maximum absolute atomic E-state index is 13.5. The molecule has 17 heavy (non-hydrogen) atoms. The lowest BCUT2D eigenvalue weighted by Gasteiger charge is -2.13. The highest BCUT2D eigenvalue weighted by Gasteiger charge is 2.23. The van der Waals surface area contributed by atoms with Gasteiger partial charge in [0, 0.05) is 6.04 Å². The Balaban J connectivity index is 2.11. The molecule has 0 heterocycles. The van der Waals surface area contributed by atoms with Crippen LogP contribution in [-0.2, 0) is 4.79 Å². The lowest BCUT2D eigenvalue weighted by atomic mass is 10.1. The average molecular weight is 234 g/mol. The maximum atomic E-state index is 13.5. The van der Waals surface area contributed by atoms with Crippen LogP contribution in [0.3, 0.4) is 0 Å².